The maximum atomic E-state index is 9.35. The molecule has 1 aliphatic heterocycles. The molecule has 5 nitrogen and oxygen atoms in total. The van der Waals surface area contributed by atoms with E-state index in [9.17, 15) is 5.11 Å². The predicted molar refractivity (Wildman–Crippen MR) is 69.7 cm³/mol. The number of hydrogen-bond acceptors (Lipinski definition) is 4. The maximum Gasteiger partial charge on any atom is 0.0863 e. The molecule has 1 aromatic rings. The van der Waals surface area contributed by atoms with Crippen LogP contribution in [0.5, 0.6) is 0 Å². The van der Waals surface area contributed by atoms with Gasteiger partial charge in [-0.15, -0.1) is 0 Å². The van der Waals surface area contributed by atoms with E-state index >= 15 is 0 Å². The van der Waals surface area contributed by atoms with E-state index in [1.165, 1.54) is 0 Å². The number of rotatable bonds is 4. The summed E-state index contributed by atoms with van der Waals surface area (Å²) in [6.07, 6.45) is 0.833. The van der Waals surface area contributed by atoms with Crippen LogP contribution in [0.25, 0.3) is 0 Å². The summed E-state index contributed by atoms with van der Waals surface area (Å²) < 4.78 is 7.21. The maximum absolute atomic E-state index is 9.35. The van der Waals surface area contributed by atoms with Crippen LogP contribution in [0.2, 0.25) is 5.02 Å². The Kier molecular flexibility index (Phi) is 4.61. The molecule has 1 atom stereocenters. The Hall–Kier alpha value is -0.620. The van der Waals surface area contributed by atoms with Gasteiger partial charge in [0.15, 0.2) is 0 Å². The molecule has 0 radical (unpaired) electrons. The highest BCUT2D eigenvalue weighted by Crippen LogP contribution is 2.23. The van der Waals surface area contributed by atoms with E-state index in [1.54, 1.807) is 0 Å². The average molecular weight is 274 g/mol. The number of nitrogens with zero attached hydrogens (tertiary/aromatic N) is 3. The molecule has 0 saturated carbocycles. The largest absolute Gasteiger partial charge is 0.395 e. The first-order chi connectivity index (χ1) is 8.67. The molecule has 18 heavy (non-hydrogen) atoms. The van der Waals surface area contributed by atoms with Crippen LogP contribution >= 0.6 is 11.6 Å². The molecule has 2 heterocycles. The summed E-state index contributed by atoms with van der Waals surface area (Å²) in [6.45, 7) is 4.95. The van der Waals surface area contributed by atoms with Crippen LogP contribution in [0.1, 0.15) is 18.3 Å². The van der Waals surface area contributed by atoms with E-state index in [-0.39, 0.29) is 12.6 Å². The van der Waals surface area contributed by atoms with Crippen LogP contribution < -0.4 is 0 Å². The van der Waals surface area contributed by atoms with Gasteiger partial charge in [-0.3, -0.25) is 9.58 Å². The molecule has 102 valence electrons. The zero-order valence-electron chi connectivity index (χ0n) is 10.9. The molecular weight excluding hydrogens is 254 g/mol. The average Bonchev–Trinajstić information content (AvgIpc) is 2.66. The SMILES string of the molecule is CCc1nn(C)c(CN2CCOCC2CO)c1Cl. The third-order valence-electron chi connectivity index (χ3n) is 3.42. The van der Waals surface area contributed by atoms with Crippen molar-refractivity contribution in [2.45, 2.75) is 25.9 Å². The minimum Gasteiger partial charge on any atom is -0.395 e. The fraction of sp³-hybridized carbons (Fsp3) is 0.750. The van der Waals surface area contributed by atoms with Crippen molar-refractivity contribution in [3.05, 3.63) is 16.4 Å². The van der Waals surface area contributed by atoms with Gasteiger partial charge >= 0.3 is 0 Å². The Morgan fingerprint density at radius 3 is 2.94 bits per heavy atom. The van der Waals surface area contributed by atoms with Gasteiger partial charge in [-0.2, -0.15) is 5.10 Å². The second-order valence-electron chi connectivity index (χ2n) is 4.57. The van der Waals surface area contributed by atoms with Crippen molar-refractivity contribution < 1.29 is 9.84 Å². The van der Waals surface area contributed by atoms with Crippen LogP contribution in [-0.2, 0) is 24.8 Å². The van der Waals surface area contributed by atoms with Gasteiger partial charge in [0.25, 0.3) is 0 Å². The lowest BCUT2D eigenvalue weighted by Gasteiger charge is -2.34. The molecule has 1 aromatic heterocycles. The Morgan fingerprint density at radius 2 is 2.33 bits per heavy atom. The lowest BCUT2D eigenvalue weighted by atomic mass is 10.2. The first kappa shape index (κ1) is 13.8. The lowest BCUT2D eigenvalue weighted by Crippen LogP contribution is -2.47. The Morgan fingerprint density at radius 1 is 1.56 bits per heavy atom. The molecule has 0 aromatic carbocycles. The van der Waals surface area contributed by atoms with E-state index in [0.717, 1.165) is 29.4 Å². The first-order valence-corrected chi connectivity index (χ1v) is 6.68. The summed E-state index contributed by atoms with van der Waals surface area (Å²) in [5.41, 5.74) is 1.94. The van der Waals surface area contributed by atoms with Gasteiger partial charge in [0, 0.05) is 20.1 Å². The fourth-order valence-corrected chi connectivity index (χ4v) is 2.60. The normalized spacial score (nSPS) is 21.4. The van der Waals surface area contributed by atoms with Crippen LogP contribution in [0, 0.1) is 0 Å². The zero-order valence-corrected chi connectivity index (χ0v) is 11.7. The van der Waals surface area contributed by atoms with Crippen molar-refractivity contribution in [1.29, 1.82) is 0 Å². The highest BCUT2D eigenvalue weighted by molar-refractivity contribution is 6.31. The minimum absolute atomic E-state index is 0.0507. The van der Waals surface area contributed by atoms with Gasteiger partial charge < -0.3 is 9.84 Å². The number of aliphatic hydroxyl groups excluding tert-OH is 1. The summed E-state index contributed by atoms with van der Waals surface area (Å²) in [5.74, 6) is 0. The van der Waals surface area contributed by atoms with Gasteiger partial charge in [-0.05, 0) is 6.42 Å². The van der Waals surface area contributed by atoms with E-state index in [4.69, 9.17) is 16.3 Å². The summed E-state index contributed by atoms with van der Waals surface area (Å²) in [4.78, 5) is 2.20. The molecule has 0 spiro atoms. The monoisotopic (exact) mass is 273 g/mol. The minimum atomic E-state index is 0.0507. The van der Waals surface area contributed by atoms with Crippen LogP contribution in [0.15, 0.2) is 0 Å². The van der Waals surface area contributed by atoms with Gasteiger partial charge in [-0.25, -0.2) is 0 Å². The lowest BCUT2D eigenvalue weighted by molar-refractivity contribution is -0.0321. The molecule has 0 amide bonds. The number of aryl methyl sites for hydroxylation is 2. The number of aliphatic hydroxyl groups is 1. The third kappa shape index (κ3) is 2.69. The van der Waals surface area contributed by atoms with Crippen LogP contribution in [-0.4, -0.2) is 52.2 Å². The summed E-state index contributed by atoms with van der Waals surface area (Å²) in [6, 6.07) is 0.0507. The molecule has 1 N–H and O–H groups in total. The molecule has 1 aliphatic rings. The Labute approximate surface area is 112 Å². The first-order valence-electron chi connectivity index (χ1n) is 6.30. The van der Waals surface area contributed by atoms with Crippen molar-refractivity contribution in [3.63, 3.8) is 0 Å². The van der Waals surface area contributed by atoms with Gasteiger partial charge in [0.05, 0.1) is 42.3 Å². The summed E-state index contributed by atoms with van der Waals surface area (Å²) in [7, 11) is 1.91. The highest BCUT2D eigenvalue weighted by atomic mass is 35.5. The molecule has 0 aliphatic carbocycles. The van der Waals surface area contributed by atoms with E-state index < -0.39 is 0 Å². The Bertz CT molecular complexity index is 408. The molecule has 2 rings (SSSR count). The molecule has 1 fully saturated rings. The second-order valence-corrected chi connectivity index (χ2v) is 4.94. The number of aromatic nitrogens is 2. The van der Waals surface area contributed by atoms with Gasteiger partial charge in [0.1, 0.15) is 0 Å². The van der Waals surface area contributed by atoms with Crippen LogP contribution in [0.3, 0.4) is 0 Å². The molecule has 0 bridgehead atoms. The van der Waals surface area contributed by atoms with Crippen molar-refractivity contribution in [2.24, 2.45) is 7.05 Å². The molecule has 1 unspecified atom stereocenters. The number of hydrogen-bond donors (Lipinski definition) is 1. The highest BCUT2D eigenvalue weighted by Gasteiger charge is 2.25. The fourth-order valence-electron chi connectivity index (χ4n) is 2.25. The second kappa shape index (κ2) is 6.02. The quantitative estimate of drug-likeness (QED) is 0.883. The van der Waals surface area contributed by atoms with Crippen molar-refractivity contribution in [2.75, 3.05) is 26.4 Å². The molecular formula is C12H20ClN3O2. The van der Waals surface area contributed by atoms with Gasteiger partial charge in [-0.1, -0.05) is 18.5 Å². The number of ether oxygens (including phenoxy) is 1. The summed E-state index contributed by atoms with van der Waals surface area (Å²) in [5, 5.41) is 14.5. The molecule has 1 saturated heterocycles. The number of morpholine rings is 1. The zero-order chi connectivity index (χ0) is 13.1. The van der Waals surface area contributed by atoms with Crippen LogP contribution in [0.4, 0.5) is 0 Å². The van der Waals surface area contributed by atoms with E-state index in [1.807, 2.05) is 18.7 Å². The number of halogens is 1. The van der Waals surface area contributed by atoms with Gasteiger partial charge in [0.2, 0.25) is 0 Å². The van der Waals surface area contributed by atoms with Crippen molar-refractivity contribution in [3.8, 4) is 0 Å². The van der Waals surface area contributed by atoms with Crippen molar-refractivity contribution in [1.82, 2.24) is 14.7 Å². The van der Waals surface area contributed by atoms with E-state index in [0.29, 0.717) is 19.8 Å². The smallest absolute Gasteiger partial charge is 0.0863 e. The third-order valence-corrected chi connectivity index (χ3v) is 3.85. The Balaban J connectivity index is 2.15. The summed E-state index contributed by atoms with van der Waals surface area (Å²) >= 11 is 6.34. The standard InChI is InChI=1S/C12H20ClN3O2/c1-3-10-12(13)11(15(2)14-10)6-16-4-5-18-8-9(16)7-17/h9,17H,3-8H2,1-2H3. The van der Waals surface area contributed by atoms with E-state index in [2.05, 4.69) is 10.00 Å². The predicted octanol–water partition coefficient (Wildman–Crippen LogP) is 0.829. The molecule has 6 heteroatoms. The topological polar surface area (TPSA) is 50.5 Å². The van der Waals surface area contributed by atoms with Crippen molar-refractivity contribution >= 4 is 11.6 Å².